The number of nitrogens with zero attached hydrogens (tertiary/aromatic N) is 4. The molecule has 0 unspecified atom stereocenters. The fourth-order valence-corrected chi connectivity index (χ4v) is 10.3. The minimum Gasteiger partial charge on any atom is -0.311 e. The molecule has 12 aromatic carbocycles. The van der Waals surface area contributed by atoms with E-state index in [0.29, 0.717) is 0 Å². The van der Waals surface area contributed by atoms with Gasteiger partial charge in [0.1, 0.15) is 5.84 Å². The average molecular weight is 1000 g/mol. The molecule has 0 radical (unpaired) electrons. The summed E-state index contributed by atoms with van der Waals surface area (Å²) in [4.78, 5) is 11.7. The summed E-state index contributed by atoms with van der Waals surface area (Å²) in [7, 11) is 1.86. The summed E-state index contributed by atoms with van der Waals surface area (Å²) >= 11 is 0. The second kappa shape index (κ2) is 22.7. The van der Waals surface area contributed by atoms with E-state index in [2.05, 4.69) is 324 Å². The van der Waals surface area contributed by atoms with Crippen molar-refractivity contribution in [2.45, 2.75) is 0 Å². The third-order valence-electron chi connectivity index (χ3n) is 14.3. The smallest absolute Gasteiger partial charge is 0.139 e. The van der Waals surface area contributed by atoms with E-state index >= 15 is 0 Å². The molecule has 0 spiro atoms. The van der Waals surface area contributed by atoms with Gasteiger partial charge in [-0.15, -0.1) is 0 Å². The SMILES string of the molecule is CN=C(c1ccc(-c2ccc(N(c3ccc(-c4ccccc4)cc3)c3ccc(-c4ccc(N(c5ccc(-c6ccccc6)cc5)c5ccc(-c6ccccc6)cc5)cc4)cc3)cc2)cc1)N(c1ccccc1)c1ccccc1. The normalized spacial score (nSPS) is 11.2. The molecule has 12 rings (SSSR count). The first kappa shape index (κ1) is 48.6. The Kier molecular flexibility index (Phi) is 14.1. The van der Waals surface area contributed by atoms with Crippen molar-refractivity contribution in [3.05, 3.63) is 327 Å². The fraction of sp³-hybridized carbons (Fsp3) is 0.0135. The topological polar surface area (TPSA) is 22.1 Å². The number of aliphatic imine (C=N–C) groups is 1. The molecule has 0 N–H and O–H groups in total. The lowest BCUT2D eigenvalue weighted by molar-refractivity contribution is 1.28. The highest BCUT2D eigenvalue weighted by Crippen LogP contribution is 2.41. The third kappa shape index (κ3) is 10.5. The highest BCUT2D eigenvalue weighted by Gasteiger charge is 2.19. The molecular formula is C74H56N4. The van der Waals surface area contributed by atoms with Crippen LogP contribution in [0.1, 0.15) is 5.56 Å². The molecule has 0 aliphatic rings. The van der Waals surface area contributed by atoms with Gasteiger partial charge in [0.2, 0.25) is 0 Å². The number of anilines is 8. The first-order chi connectivity index (χ1) is 38.6. The maximum Gasteiger partial charge on any atom is 0.139 e. The van der Waals surface area contributed by atoms with Crippen molar-refractivity contribution in [3.63, 3.8) is 0 Å². The molecule has 0 aliphatic heterocycles. The summed E-state index contributed by atoms with van der Waals surface area (Å²) in [6.45, 7) is 0. The Balaban J connectivity index is 0.832. The van der Waals surface area contributed by atoms with Gasteiger partial charge in [-0.1, -0.05) is 224 Å². The van der Waals surface area contributed by atoms with Crippen molar-refractivity contribution >= 4 is 51.3 Å². The molecule has 0 bridgehead atoms. The maximum absolute atomic E-state index is 4.83. The van der Waals surface area contributed by atoms with Crippen LogP contribution in [0.5, 0.6) is 0 Å². The van der Waals surface area contributed by atoms with Crippen LogP contribution in [0.4, 0.5) is 45.5 Å². The molecular weight excluding hydrogens is 945 g/mol. The summed E-state index contributed by atoms with van der Waals surface area (Å²) < 4.78 is 0. The number of para-hydroxylation sites is 2. The minimum atomic E-state index is 0.875. The third-order valence-corrected chi connectivity index (χ3v) is 14.3. The number of amidine groups is 1. The van der Waals surface area contributed by atoms with Crippen LogP contribution in [0.15, 0.2) is 327 Å². The summed E-state index contributed by atoms with van der Waals surface area (Å²) in [6.07, 6.45) is 0. The van der Waals surface area contributed by atoms with Gasteiger partial charge in [0.05, 0.1) is 0 Å². The highest BCUT2D eigenvalue weighted by molar-refractivity contribution is 6.14. The molecule has 0 aliphatic carbocycles. The molecule has 0 atom stereocenters. The molecule has 0 saturated carbocycles. The van der Waals surface area contributed by atoms with Crippen LogP contribution in [0, 0.1) is 0 Å². The van der Waals surface area contributed by atoms with Gasteiger partial charge in [-0.25, -0.2) is 0 Å². The van der Waals surface area contributed by atoms with Gasteiger partial charge < -0.3 is 9.80 Å². The van der Waals surface area contributed by atoms with Crippen molar-refractivity contribution in [1.29, 1.82) is 0 Å². The van der Waals surface area contributed by atoms with Crippen molar-refractivity contribution < 1.29 is 0 Å². The fourth-order valence-electron chi connectivity index (χ4n) is 10.3. The number of hydrogen-bond donors (Lipinski definition) is 0. The molecule has 78 heavy (non-hydrogen) atoms. The molecule has 12 aromatic rings. The summed E-state index contributed by atoms with van der Waals surface area (Å²) in [5.41, 5.74) is 21.3. The van der Waals surface area contributed by atoms with Gasteiger partial charge >= 0.3 is 0 Å². The minimum absolute atomic E-state index is 0.875. The second-order valence-corrected chi connectivity index (χ2v) is 19.2. The summed E-state index contributed by atoms with van der Waals surface area (Å²) in [6, 6.07) is 115. The Labute approximate surface area is 458 Å². The number of benzene rings is 12. The largest absolute Gasteiger partial charge is 0.311 e. The van der Waals surface area contributed by atoms with Crippen LogP contribution in [-0.2, 0) is 0 Å². The van der Waals surface area contributed by atoms with Gasteiger partial charge in [0, 0.05) is 58.1 Å². The van der Waals surface area contributed by atoms with E-state index in [4.69, 9.17) is 4.99 Å². The first-order valence-electron chi connectivity index (χ1n) is 26.5. The van der Waals surface area contributed by atoms with Gasteiger partial charge in [-0.3, -0.25) is 9.89 Å². The van der Waals surface area contributed by atoms with E-state index in [1.165, 1.54) is 33.4 Å². The summed E-state index contributed by atoms with van der Waals surface area (Å²) in [5, 5.41) is 0. The lowest BCUT2D eigenvalue weighted by Crippen LogP contribution is -2.26. The number of hydrogen-bond acceptors (Lipinski definition) is 3. The predicted molar refractivity (Wildman–Crippen MR) is 330 cm³/mol. The maximum atomic E-state index is 4.83. The zero-order valence-electron chi connectivity index (χ0n) is 43.4. The quantitative estimate of drug-likeness (QED) is 0.0801. The Morgan fingerprint density at radius 3 is 0.615 bits per heavy atom. The molecule has 4 nitrogen and oxygen atoms in total. The lowest BCUT2D eigenvalue weighted by Gasteiger charge is -2.27. The summed E-state index contributed by atoms with van der Waals surface area (Å²) in [5.74, 6) is 0.875. The van der Waals surface area contributed by atoms with Crippen molar-refractivity contribution in [2.75, 3.05) is 21.7 Å². The zero-order chi connectivity index (χ0) is 52.5. The van der Waals surface area contributed by atoms with Gasteiger partial charge in [-0.05, 0) is 153 Å². The zero-order valence-corrected chi connectivity index (χ0v) is 43.4. The van der Waals surface area contributed by atoms with Crippen LogP contribution < -0.4 is 14.7 Å². The first-order valence-corrected chi connectivity index (χ1v) is 26.5. The van der Waals surface area contributed by atoms with Crippen LogP contribution >= 0.6 is 0 Å². The monoisotopic (exact) mass is 1000 g/mol. The Bertz CT molecular complexity index is 3750. The van der Waals surface area contributed by atoms with Crippen LogP contribution in [0.2, 0.25) is 0 Å². The highest BCUT2D eigenvalue weighted by atomic mass is 15.2. The van der Waals surface area contributed by atoms with Crippen molar-refractivity contribution in [3.8, 4) is 55.6 Å². The molecule has 0 fully saturated rings. The van der Waals surface area contributed by atoms with Crippen molar-refractivity contribution in [2.24, 2.45) is 4.99 Å². The molecule has 0 amide bonds. The van der Waals surface area contributed by atoms with E-state index in [1.54, 1.807) is 0 Å². The van der Waals surface area contributed by atoms with E-state index in [0.717, 1.165) is 79.2 Å². The Hall–Kier alpha value is -10.3. The lowest BCUT2D eigenvalue weighted by atomic mass is 10.0. The molecule has 0 saturated heterocycles. The molecule has 0 aromatic heterocycles. The van der Waals surface area contributed by atoms with E-state index in [1.807, 2.05) is 19.2 Å². The molecule has 372 valence electrons. The number of rotatable bonds is 14. The standard InChI is InChI=1S/C74H56N4/c1-75-74(78(66-23-13-5-14-24-66)67-25-15-6-16-26-67)65-29-27-58(28-30-65)62-37-49-71(50-38-62)77(70-47-35-61(36-48-70)57-21-11-4-12-22-57)73-53-41-64(42-54-73)63-39-51-72(52-40-63)76(68-43-31-59(32-44-68)55-17-7-2-8-18-55)69-45-33-60(34-46-69)56-19-9-3-10-20-56/h2-54H,1H3. The van der Waals surface area contributed by atoms with Gasteiger partial charge in [-0.2, -0.15) is 0 Å². The Morgan fingerprint density at radius 1 is 0.205 bits per heavy atom. The van der Waals surface area contributed by atoms with Crippen LogP contribution in [0.3, 0.4) is 0 Å². The molecule has 4 heteroatoms. The average Bonchev–Trinajstić information content (AvgIpc) is 3.57. The van der Waals surface area contributed by atoms with E-state index < -0.39 is 0 Å². The van der Waals surface area contributed by atoms with Crippen LogP contribution in [0.25, 0.3) is 55.6 Å². The van der Waals surface area contributed by atoms with Gasteiger partial charge in [0.25, 0.3) is 0 Å². The second-order valence-electron chi connectivity index (χ2n) is 19.2. The predicted octanol–water partition coefficient (Wildman–Crippen LogP) is 20.2. The van der Waals surface area contributed by atoms with E-state index in [9.17, 15) is 0 Å². The Morgan fingerprint density at radius 2 is 0.397 bits per heavy atom. The van der Waals surface area contributed by atoms with Gasteiger partial charge in [0.15, 0.2) is 0 Å². The molecule has 0 heterocycles. The van der Waals surface area contributed by atoms with Crippen LogP contribution in [-0.4, -0.2) is 12.9 Å². The van der Waals surface area contributed by atoms with E-state index in [-0.39, 0.29) is 0 Å². The van der Waals surface area contributed by atoms with Crippen molar-refractivity contribution in [1.82, 2.24) is 0 Å².